The zero-order chi connectivity index (χ0) is 20.9. The largest absolute Gasteiger partial charge is 0.419 e. The number of halogens is 4. The van der Waals surface area contributed by atoms with Crippen LogP contribution < -0.4 is 5.69 Å². The Bertz CT molecular complexity index is 1000. The van der Waals surface area contributed by atoms with E-state index < -0.39 is 29.3 Å². The van der Waals surface area contributed by atoms with Gasteiger partial charge < -0.3 is 4.90 Å². The van der Waals surface area contributed by atoms with E-state index in [4.69, 9.17) is 0 Å². The average Bonchev–Trinajstić information content (AvgIpc) is 2.95. The number of carbonyl (C=O) groups excluding carboxylic acids is 1. The summed E-state index contributed by atoms with van der Waals surface area (Å²) in [5, 5.41) is 4.23. The Hall–Kier alpha value is -2.65. The van der Waals surface area contributed by atoms with Gasteiger partial charge in [-0.2, -0.15) is 18.3 Å². The van der Waals surface area contributed by atoms with Crippen LogP contribution in [-0.2, 0) is 23.9 Å². The average molecular weight is 412 g/mol. The molecular weight excluding hydrogens is 392 g/mol. The molecule has 2 aliphatic rings. The summed E-state index contributed by atoms with van der Waals surface area (Å²) >= 11 is 0. The lowest BCUT2D eigenvalue weighted by molar-refractivity contribution is -0.141. The molecule has 1 amide bonds. The van der Waals surface area contributed by atoms with Gasteiger partial charge in [0.2, 0.25) is 5.91 Å². The van der Waals surface area contributed by atoms with E-state index in [9.17, 15) is 27.2 Å². The molecule has 1 aromatic heterocycles. The lowest BCUT2D eigenvalue weighted by Crippen LogP contribution is -2.52. The maximum atomic E-state index is 13.5. The predicted molar refractivity (Wildman–Crippen MR) is 94.7 cm³/mol. The van der Waals surface area contributed by atoms with Crippen LogP contribution in [0.5, 0.6) is 0 Å². The first kappa shape index (κ1) is 19.7. The van der Waals surface area contributed by atoms with Crippen molar-refractivity contribution in [2.24, 2.45) is 5.92 Å². The second-order valence-electron chi connectivity index (χ2n) is 7.79. The molecule has 6 nitrogen and oxygen atoms in total. The summed E-state index contributed by atoms with van der Waals surface area (Å²) in [6.45, 7) is 3.12. The molecule has 0 aliphatic carbocycles. The molecule has 0 spiro atoms. The van der Waals surface area contributed by atoms with Crippen molar-refractivity contribution in [2.45, 2.75) is 44.9 Å². The molecule has 2 aromatic rings. The minimum absolute atomic E-state index is 0.107. The first-order chi connectivity index (χ1) is 13.6. The van der Waals surface area contributed by atoms with Crippen molar-refractivity contribution in [1.29, 1.82) is 0 Å². The molecule has 0 radical (unpaired) electrons. The molecule has 1 aromatic carbocycles. The summed E-state index contributed by atoms with van der Waals surface area (Å²) in [7, 11) is 0. The van der Waals surface area contributed by atoms with Crippen LogP contribution in [0.2, 0.25) is 0 Å². The molecule has 156 valence electrons. The molecule has 1 saturated heterocycles. The van der Waals surface area contributed by atoms with Crippen LogP contribution in [0.4, 0.5) is 17.6 Å². The number of alkyl halides is 3. The number of aryl methyl sites for hydroxylation is 1. The van der Waals surface area contributed by atoms with Gasteiger partial charge in [-0.25, -0.2) is 13.9 Å². The van der Waals surface area contributed by atoms with Crippen LogP contribution in [0.25, 0.3) is 0 Å². The molecule has 4 rings (SSSR count). The Kier molecular flexibility index (Phi) is 4.74. The molecule has 0 saturated carbocycles. The van der Waals surface area contributed by atoms with Crippen LogP contribution in [0.15, 0.2) is 23.0 Å². The van der Waals surface area contributed by atoms with Crippen molar-refractivity contribution in [2.75, 3.05) is 13.1 Å². The zero-order valence-corrected chi connectivity index (χ0v) is 15.7. The molecule has 0 N–H and O–H groups in total. The molecular formula is C19H20F4N4O2. The fourth-order valence-corrected chi connectivity index (χ4v) is 4.02. The van der Waals surface area contributed by atoms with Gasteiger partial charge in [0, 0.05) is 19.5 Å². The van der Waals surface area contributed by atoms with Crippen LogP contribution in [-0.4, -0.2) is 38.2 Å². The van der Waals surface area contributed by atoms with Crippen LogP contribution in [0.1, 0.15) is 42.8 Å². The summed E-state index contributed by atoms with van der Waals surface area (Å²) < 4.78 is 54.7. The zero-order valence-electron chi connectivity index (χ0n) is 15.7. The number of amides is 1. The van der Waals surface area contributed by atoms with Gasteiger partial charge in [0.25, 0.3) is 0 Å². The second-order valence-corrected chi connectivity index (χ2v) is 7.79. The Morgan fingerprint density at radius 2 is 2.00 bits per heavy atom. The van der Waals surface area contributed by atoms with Crippen molar-refractivity contribution >= 4 is 5.91 Å². The summed E-state index contributed by atoms with van der Waals surface area (Å²) in [5.74, 6) is -0.604. The SMILES string of the molecule is CC1CN(C(=O)[C@@H]2CCCc3nn(Cc4ccc(F)c(C(F)(F)F)c4)c(=O)n32)C1. The van der Waals surface area contributed by atoms with E-state index in [1.165, 1.54) is 10.6 Å². The smallest absolute Gasteiger partial charge is 0.340 e. The van der Waals surface area contributed by atoms with Gasteiger partial charge in [-0.3, -0.25) is 9.36 Å². The molecule has 2 aliphatic heterocycles. The number of hydrogen-bond donors (Lipinski definition) is 0. The van der Waals surface area contributed by atoms with Crippen LogP contribution in [0, 0.1) is 11.7 Å². The number of fused-ring (bicyclic) bond motifs is 1. The first-order valence-corrected chi connectivity index (χ1v) is 9.48. The lowest BCUT2D eigenvalue weighted by atomic mass is 9.98. The third-order valence-corrected chi connectivity index (χ3v) is 5.46. The van der Waals surface area contributed by atoms with Gasteiger partial charge in [-0.05, 0) is 36.5 Å². The monoisotopic (exact) mass is 412 g/mol. The summed E-state index contributed by atoms with van der Waals surface area (Å²) in [6, 6.07) is 1.98. The Morgan fingerprint density at radius 1 is 1.28 bits per heavy atom. The van der Waals surface area contributed by atoms with E-state index in [0.29, 0.717) is 50.2 Å². The summed E-state index contributed by atoms with van der Waals surface area (Å²) in [5.41, 5.74) is -1.81. The Labute approximate surface area is 163 Å². The highest BCUT2D eigenvalue weighted by molar-refractivity contribution is 5.81. The van der Waals surface area contributed by atoms with Crippen LogP contribution in [0.3, 0.4) is 0 Å². The molecule has 10 heteroatoms. The number of hydrogen-bond acceptors (Lipinski definition) is 3. The molecule has 0 unspecified atom stereocenters. The molecule has 3 heterocycles. The van der Waals surface area contributed by atoms with E-state index in [1.54, 1.807) is 4.90 Å². The maximum Gasteiger partial charge on any atom is 0.419 e. The van der Waals surface area contributed by atoms with E-state index in [1.807, 2.05) is 6.92 Å². The van der Waals surface area contributed by atoms with E-state index in [0.717, 1.165) is 10.7 Å². The number of aromatic nitrogens is 3. The lowest BCUT2D eigenvalue weighted by Gasteiger charge is -2.40. The standard InChI is InChI=1S/C19H20F4N4O2/c1-11-8-25(9-11)17(28)15-3-2-4-16-24-26(18(29)27(15)16)10-12-5-6-14(20)13(7-12)19(21,22)23/h5-7,11,15H,2-4,8-10H2,1H3/t15-/m0/s1. The second kappa shape index (κ2) is 7.00. The number of rotatable bonds is 3. The predicted octanol–water partition coefficient (Wildman–Crippen LogP) is 2.61. The van der Waals surface area contributed by atoms with Gasteiger partial charge in [0.15, 0.2) is 0 Å². The number of benzene rings is 1. The van der Waals surface area contributed by atoms with Gasteiger partial charge in [-0.15, -0.1) is 0 Å². The Balaban J connectivity index is 1.63. The highest BCUT2D eigenvalue weighted by atomic mass is 19.4. The topological polar surface area (TPSA) is 60.1 Å². The molecule has 0 bridgehead atoms. The normalized spacial score (nSPS) is 19.8. The molecule has 1 atom stereocenters. The number of carbonyl (C=O) groups is 1. The summed E-state index contributed by atoms with van der Waals surface area (Å²) in [4.78, 5) is 27.3. The molecule has 29 heavy (non-hydrogen) atoms. The van der Waals surface area contributed by atoms with E-state index in [-0.39, 0.29) is 18.0 Å². The van der Waals surface area contributed by atoms with E-state index in [2.05, 4.69) is 5.10 Å². The quantitative estimate of drug-likeness (QED) is 0.729. The Morgan fingerprint density at radius 3 is 2.66 bits per heavy atom. The minimum Gasteiger partial charge on any atom is -0.340 e. The third-order valence-electron chi connectivity index (χ3n) is 5.46. The molecule has 1 fully saturated rings. The van der Waals surface area contributed by atoms with Crippen molar-refractivity contribution < 1.29 is 22.4 Å². The van der Waals surface area contributed by atoms with Crippen molar-refractivity contribution in [3.8, 4) is 0 Å². The fraction of sp³-hybridized carbons (Fsp3) is 0.526. The fourth-order valence-electron chi connectivity index (χ4n) is 4.02. The first-order valence-electron chi connectivity index (χ1n) is 9.48. The minimum atomic E-state index is -4.83. The van der Waals surface area contributed by atoms with Crippen LogP contribution >= 0.6 is 0 Å². The third kappa shape index (κ3) is 3.56. The van der Waals surface area contributed by atoms with Crippen molar-refractivity contribution in [1.82, 2.24) is 19.2 Å². The number of nitrogens with zero attached hydrogens (tertiary/aromatic N) is 4. The van der Waals surface area contributed by atoms with Crippen molar-refractivity contribution in [3.63, 3.8) is 0 Å². The van der Waals surface area contributed by atoms with Gasteiger partial charge in [0.05, 0.1) is 12.1 Å². The van der Waals surface area contributed by atoms with Gasteiger partial charge in [0.1, 0.15) is 17.7 Å². The number of likely N-dealkylation sites (tertiary alicyclic amines) is 1. The maximum absolute atomic E-state index is 13.5. The summed E-state index contributed by atoms with van der Waals surface area (Å²) in [6.07, 6.45) is -3.09. The van der Waals surface area contributed by atoms with E-state index >= 15 is 0 Å². The van der Waals surface area contributed by atoms with Gasteiger partial charge >= 0.3 is 11.9 Å². The van der Waals surface area contributed by atoms with Crippen molar-refractivity contribution in [3.05, 3.63) is 51.5 Å². The highest BCUT2D eigenvalue weighted by Crippen LogP contribution is 2.32. The highest BCUT2D eigenvalue weighted by Gasteiger charge is 2.37. The van der Waals surface area contributed by atoms with Gasteiger partial charge in [-0.1, -0.05) is 13.0 Å².